The van der Waals surface area contributed by atoms with E-state index < -0.39 is 0 Å². The number of halogens is 3. The van der Waals surface area contributed by atoms with Crippen molar-refractivity contribution in [1.82, 2.24) is 10.3 Å². The molecule has 2 unspecified atom stereocenters. The molecule has 0 spiro atoms. The summed E-state index contributed by atoms with van der Waals surface area (Å²) < 4.78 is 0. The minimum absolute atomic E-state index is 0.0491. The summed E-state index contributed by atoms with van der Waals surface area (Å²) >= 11 is 17.7. The normalized spacial score (nSPS) is 22.6. The highest BCUT2D eigenvalue weighted by molar-refractivity contribution is 6.48. The number of aliphatic hydroxyl groups is 1. The highest BCUT2D eigenvalue weighted by Gasteiger charge is 2.27. The third-order valence-corrected chi connectivity index (χ3v) is 4.83. The van der Waals surface area contributed by atoms with Crippen LogP contribution >= 0.6 is 34.8 Å². The summed E-state index contributed by atoms with van der Waals surface area (Å²) in [6.45, 7) is 0.0630. The van der Waals surface area contributed by atoms with Gasteiger partial charge in [-0.15, -0.1) is 0 Å². The van der Waals surface area contributed by atoms with Crippen molar-refractivity contribution in [3.05, 3.63) is 27.0 Å². The third kappa shape index (κ3) is 3.37. The van der Waals surface area contributed by atoms with Gasteiger partial charge >= 0.3 is 0 Å². The van der Waals surface area contributed by atoms with E-state index in [-0.39, 0.29) is 45.2 Å². The summed E-state index contributed by atoms with van der Waals surface area (Å²) in [5.41, 5.74) is 0.0586. The molecular weight excluding hydrogens is 323 g/mol. The largest absolute Gasteiger partial charge is 0.396 e. The molecule has 0 aliphatic heterocycles. The zero-order valence-corrected chi connectivity index (χ0v) is 13.0. The van der Waals surface area contributed by atoms with Gasteiger partial charge in [-0.05, 0) is 12.8 Å². The Morgan fingerprint density at radius 1 is 1.30 bits per heavy atom. The number of aliphatic hydroxyl groups excluding tert-OH is 1. The predicted molar refractivity (Wildman–Crippen MR) is 79.6 cm³/mol. The van der Waals surface area contributed by atoms with E-state index in [1.807, 2.05) is 0 Å². The van der Waals surface area contributed by atoms with E-state index >= 15 is 0 Å². The van der Waals surface area contributed by atoms with Crippen molar-refractivity contribution in [1.29, 1.82) is 0 Å². The SMILES string of the molecule is O=C(NC1CCCCC1CO)c1ncc(Cl)c(Cl)c1Cl. The number of aromatic nitrogens is 1. The van der Waals surface area contributed by atoms with Gasteiger partial charge in [0.2, 0.25) is 0 Å². The Hall–Kier alpha value is -0.550. The molecule has 1 heterocycles. The van der Waals surface area contributed by atoms with Crippen LogP contribution in [-0.4, -0.2) is 28.6 Å². The molecule has 1 fully saturated rings. The molecule has 1 aromatic heterocycles. The molecule has 1 aliphatic carbocycles. The number of rotatable bonds is 3. The molecule has 2 atom stereocenters. The average molecular weight is 338 g/mol. The van der Waals surface area contributed by atoms with Gasteiger partial charge in [-0.2, -0.15) is 0 Å². The van der Waals surface area contributed by atoms with E-state index in [1.54, 1.807) is 0 Å². The molecule has 1 amide bonds. The van der Waals surface area contributed by atoms with Crippen LogP contribution in [0, 0.1) is 5.92 Å². The maximum absolute atomic E-state index is 12.2. The fourth-order valence-electron chi connectivity index (χ4n) is 2.45. The lowest BCUT2D eigenvalue weighted by molar-refractivity contribution is 0.0868. The molecule has 110 valence electrons. The van der Waals surface area contributed by atoms with Crippen LogP contribution in [0.2, 0.25) is 15.1 Å². The second kappa shape index (κ2) is 6.94. The van der Waals surface area contributed by atoms with Crippen molar-refractivity contribution >= 4 is 40.7 Å². The van der Waals surface area contributed by atoms with Gasteiger partial charge in [0.25, 0.3) is 5.91 Å². The number of amides is 1. The molecule has 1 aromatic rings. The van der Waals surface area contributed by atoms with Crippen molar-refractivity contribution in [2.75, 3.05) is 6.61 Å². The van der Waals surface area contributed by atoms with Crippen LogP contribution in [0.4, 0.5) is 0 Å². The van der Waals surface area contributed by atoms with E-state index in [1.165, 1.54) is 6.20 Å². The van der Waals surface area contributed by atoms with Crippen molar-refractivity contribution in [3.63, 3.8) is 0 Å². The third-order valence-electron chi connectivity index (χ3n) is 3.59. The van der Waals surface area contributed by atoms with Crippen LogP contribution in [0.3, 0.4) is 0 Å². The van der Waals surface area contributed by atoms with Gasteiger partial charge in [0.05, 0.1) is 15.1 Å². The second-order valence-electron chi connectivity index (χ2n) is 4.89. The number of nitrogens with one attached hydrogen (secondary N) is 1. The predicted octanol–water partition coefficient (Wildman–Crippen LogP) is 3.32. The van der Waals surface area contributed by atoms with Gasteiger partial charge in [0.1, 0.15) is 5.69 Å². The summed E-state index contributed by atoms with van der Waals surface area (Å²) in [4.78, 5) is 16.1. The van der Waals surface area contributed by atoms with Crippen LogP contribution in [-0.2, 0) is 0 Å². The van der Waals surface area contributed by atoms with Crippen molar-refractivity contribution < 1.29 is 9.90 Å². The number of hydrogen-bond donors (Lipinski definition) is 2. The van der Waals surface area contributed by atoms with Gasteiger partial charge in [-0.25, -0.2) is 4.98 Å². The molecule has 20 heavy (non-hydrogen) atoms. The Morgan fingerprint density at radius 3 is 2.70 bits per heavy atom. The summed E-state index contributed by atoms with van der Waals surface area (Å²) in [7, 11) is 0. The van der Waals surface area contributed by atoms with Gasteiger partial charge < -0.3 is 10.4 Å². The molecule has 0 saturated heterocycles. The molecular formula is C13H15Cl3N2O2. The molecule has 2 rings (SSSR count). The molecule has 0 bridgehead atoms. The Kier molecular flexibility index (Phi) is 5.49. The van der Waals surface area contributed by atoms with Crippen molar-refractivity contribution in [3.8, 4) is 0 Å². The van der Waals surface area contributed by atoms with Crippen LogP contribution in [0.1, 0.15) is 36.2 Å². The first-order valence-electron chi connectivity index (χ1n) is 6.45. The van der Waals surface area contributed by atoms with Crippen LogP contribution in [0.5, 0.6) is 0 Å². The van der Waals surface area contributed by atoms with Crippen LogP contribution < -0.4 is 5.32 Å². The Balaban J connectivity index is 2.14. The van der Waals surface area contributed by atoms with Crippen LogP contribution in [0.15, 0.2) is 6.20 Å². The molecule has 4 nitrogen and oxygen atoms in total. The van der Waals surface area contributed by atoms with Crippen LogP contribution in [0.25, 0.3) is 0 Å². The zero-order valence-electron chi connectivity index (χ0n) is 10.7. The first-order valence-corrected chi connectivity index (χ1v) is 7.59. The quantitative estimate of drug-likeness (QED) is 0.889. The van der Waals surface area contributed by atoms with Crippen molar-refractivity contribution in [2.24, 2.45) is 5.92 Å². The molecule has 2 N–H and O–H groups in total. The lowest BCUT2D eigenvalue weighted by Gasteiger charge is -2.30. The Morgan fingerprint density at radius 2 is 2.00 bits per heavy atom. The second-order valence-corrected chi connectivity index (χ2v) is 6.05. The van der Waals surface area contributed by atoms with E-state index in [2.05, 4.69) is 10.3 Å². The van der Waals surface area contributed by atoms with Crippen molar-refractivity contribution in [2.45, 2.75) is 31.7 Å². The van der Waals surface area contributed by atoms with E-state index in [4.69, 9.17) is 34.8 Å². The highest BCUT2D eigenvalue weighted by Crippen LogP contribution is 2.31. The molecule has 7 heteroatoms. The smallest absolute Gasteiger partial charge is 0.271 e. The van der Waals surface area contributed by atoms with E-state index in [0.29, 0.717) is 0 Å². The fourth-order valence-corrected chi connectivity index (χ4v) is 3.02. The summed E-state index contributed by atoms with van der Waals surface area (Å²) in [5, 5.41) is 12.6. The first-order chi connectivity index (χ1) is 9.54. The van der Waals surface area contributed by atoms with Gasteiger partial charge in [0.15, 0.2) is 0 Å². The lowest BCUT2D eigenvalue weighted by Crippen LogP contribution is -2.43. The highest BCUT2D eigenvalue weighted by atomic mass is 35.5. The molecule has 0 aromatic carbocycles. The maximum atomic E-state index is 12.2. The Bertz CT molecular complexity index is 511. The summed E-state index contributed by atoms with van der Waals surface area (Å²) in [6, 6.07) is -0.0615. The lowest BCUT2D eigenvalue weighted by atomic mass is 9.85. The monoisotopic (exact) mass is 336 g/mol. The average Bonchev–Trinajstić information content (AvgIpc) is 2.45. The minimum atomic E-state index is -0.390. The zero-order chi connectivity index (χ0) is 14.7. The minimum Gasteiger partial charge on any atom is -0.396 e. The summed E-state index contributed by atoms with van der Waals surface area (Å²) in [5.74, 6) is -0.312. The number of carbonyl (C=O) groups excluding carboxylic acids is 1. The van der Waals surface area contributed by atoms with Gasteiger partial charge in [-0.1, -0.05) is 47.6 Å². The Labute approximate surface area is 132 Å². The summed E-state index contributed by atoms with van der Waals surface area (Å²) in [6.07, 6.45) is 5.16. The fraction of sp³-hybridized carbons (Fsp3) is 0.538. The van der Waals surface area contributed by atoms with Gasteiger partial charge in [0, 0.05) is 24.8 Å². The molecule has 0 radical (unpaired) electrons. The van der Waals surface area contributed by atoms with E-state index in [9.17, 15) is 9.90 Å². The number of pyridine rings is 1. The topological polar surface area (TPSA) is 62.2 Å². The van der Waals surface area contributed by atoms with E-state index in [0.717, 1.165) is 25.7 Å². The number of hydrogen-bond acceptors (Lipinski definition) is 3. The maximum Gasteiger partial charge on any atom is 0.271 e. The molecule has 1 saturated carbocycles. The first kappa shape index (κ1) is 15.8. The number of nitrogens with zero attached hydrogens (tertiary/aromatic N) is 1. The van der Waals surface area contributed by atoms with Gasteiger partial charge in [-0.3, -0.25) is 4.79 Å². The number of carbonyl (C=O) groups is 1. The standard InChI is InChI=1S/C13H15Cl3N2O2/c14-8-5-17-12(11(16)10(8)15)13(20)18-9-4-2-1-3-7(9)6-19/h5,7,9,19H,1-4,6H2,(H,18,20). The molecule has 1 aliphatic rings.